The van der Waals surface area contributed by atoms with Crippen LogP contribution in [0.15, 0.2) is 59.5 Å². The number of carbonyl (C=O) groups excluding carboxylic acids is 2. The van der Waals surface area contributed by atoms with E-state index in [4.69, 9.17) is 4.74 Å². The van der Waals surface area contributed by atoms with Gasteiger partial charge in [-0.3, -0.25) is 19.1 Å². The van der Waals surface area contributed by atoms with Gasteiger partial charge in [0.15, 0.2) is 0 Å². The molecular weight excluding hydrogens is 384 g/mol. The maximum atomic E-state index is 12.3. The van der Waals surface area contributed by atoms with Crippen molar-refractivity contribution < 1.29 is 23.5 Å². The fourth-order valence-electron chi connectivity index (χ4n) is 2.52. The number of carbonyl (C=O) groups is 2. The van der Waals surface area contributed by atoms with Gasteiger partial charge in [0.1, 0.15) is 6.04 Å². The molecule has 148 valence electrons. The van der Waals surface area contributed by atoms with E-state index in [0.29, 0.717) is 10.5 Å². The van der Waals surface area contributed by atoms with E-state index in [1.807, 2.05) is 6.07 Å². The Hall–Kier alpha value is -3.07. The number of hydrogen-bond acceptors (Lipinski definition) is 6. The summed E-state index contributed by atoms with van der Waals surface area (Å²) in [7, 11) is -0.113. The Bertz CT molecular complexity index is 872. The molecule has 8 nitrogen and oxygen atoms in total. The zero-order valence-electron chi connectivity index (χ0n) is 15.2. The lowest BCUT2D eigenvalue weighted by molar-refractivity contribution is -0.384. The van der Waals surface area contributed by atoms with Crippen molar-refractivity contribution in [1.29, 1.82) is 0 Å². The van der Waals surface area contributed by atoms with Crippen LogP contribution < -0.4 is 5.32 Å². The van der Waals surface area contributed by atoms with Gasteiger partial charge < -0.3 is 10.1 Å². The Morgan fingerprint density at radius 2 is 1.89 bits per heavy atom. The van der Waals surface area contributed by atoms with Crippen molar-refractivity contribution in [2.75, 3.05) is 12.9 Å². The van der Waals surface area contributed by atoms with Gasteiger partial charge >= 0.3 is 5.97 Å². The highest BCUT2D eigenvalue weighted by Gasteiger charge is 2.23. The third-order valence-electron chi connectivity index (χ3n) is 3.91. The minimum atomic E-state index is -1.32. The summed E-state index contributed by atoms with van der Waals surface area (Å²) in [4.78, 5) is 35.2. The van der Waals surface area contributed by atoms with Gasteiger partial charge in [-0.1, -0.05) is 30.3 Å². The molecule has 1 amide bonds. The molecule has 0 heterocycles. The largest absolute Gasteiger partial charge is 0.467 e. The molecule has 0 aliphatic rings. The number of ether oxygens (including phenoxy) is 1. The Labute approximate surface area is 164 Å². The number of nitro benzene ring substituents is 1. The van der Waals surface area contributed by atoms with Crippen molar-refractivity contribution >= 4 is 28.4 Å². The molecule has 2 aromatic carbocycles. The first-order chi connectivity index (χ1) is 13.4. The molecule has 0 unspecified atom stereocenters. The molecule has 0 saturated carbocycles. The maximum absolute atomic E-state index is 12.3. The summed E-state index contributed by atoms with van der Waals surface area (Å²) in [5, 5.41) is 13.4. The molecule has 0 aromatic heterocycles. The van der Waals surface area contributed by atoms with Gasteiger partial charge in [0.05, 0.1) is 29.3 Å². The van der Waals surface area contributed by atoms with E-state index in [1.54, 1.807) is 30.3 Å². The molecule has 1 N–H and O–H groups in total. The normalized spacial score (nSPS) is 12.6. The van der Waals surface area contributed by atoms with Crippen LogP contribution in [0.3, 0.4) is 0 Å². The molecule has 28 heavy (non-hydrogen) atoms. The van der Waals surface area contributed by atoms with E-state index in [2.05, 4.69) is 5.32 Å². The fraction of sp³-hybridized carbons (Fsp3) is 0.263. The smallest absolute Gasteiger partial charge is 0.328 e. The number of nitrogens with one attached hydrogen (secondary N) is 1. The summed E-state index contributed by atoms with van der Waals surface area (Å²) in [5.74, 6) is -0.959. The van der Waals surface area contributed by atoms with Crippen LogP contribution >= 0.6 is 0 Å². The average Bonchev–Trinajstić information content (AvgIpc) is 2.71. The van der Waals surface area contributed by atoms with E-state index in [0.717, 1.165) is 0 Å². The second-order valence-corrected chi connectivity index (χ2v) is 7.47. The summed E-state index contributed by atoms with van der Waals surface area (Å²) >= 11 is 0. The zero-order valence-corrected chi connectivity index (χ0v) is 16.0. The highest BCUT2D eigenvalue weighted by Crippen LogP contribution is 2.14. The summed E-state index contributed by atoms with van der Waals surface area (Å²) < 4.78 is 17.0. The van der Waals surface area contributed by atoms with Crippen LogP contribution in [0.5, 0.6) is 0 Å². The van der Waals surface area contributed by atoms with Crippen molar-refractivity contribution in [1.82, 2.24) is 5.32 Å². The number of rotatable bonds is 9. The summed E-state index contributed by atoms with van der Waals surface area (Å²) in [6, 6.07) is 13.6. The average molecular weight is 404 g/mol. The van der Waals surface area contributed by atoms with E-state index >= 15 is 0 Å². The second kappa shape index (κ2) is 10.3. The van der Waals surface area contributed by atoms with Crippen LogP contribution in [0, 0.1) is 10.1 Å². The molecule has 2 rings (SSSR count). The molecule has 0 saturated heterocycles. The van der Waals surface area contributed by atoms with Gasteiger partial charge in [0, 0.05) is 22.8 Å². The van der Waals surface area contributed by atoms with Gasteiger partial charge in [-0.2, -0.15) is 0 Å². The van der Waals surface area contributed by atoms with Crippen molar-refractivity contribution in [2.45, 2.75) is 23.8 Å². The lowest BCUT2D eigenvalue weighted by Gasteiger charge is -2.16. The Balaban J connectivity index is 1.98. The Morgan fingerprint density at radius 1 is 1.18 bits per heavy atom. The molecule has 2 atom stereocenters. The van der Waals surface area contributed by atoms with Crippen molar-refractivity contribution in [2.24, 2.45) is 0 Å². The number of esters is 1. The molecule has 0 aliphatic carbocycles. The molecule has 2 aromatic rings. The van der Waals surface area contributed by atoms with Gasteiger partial charge in [-0.05, 0) is 24.1 Å². The first-order valence-corrected chi connectivity index (χ1v) is 9.76. The standard InChI is InChI=1S/C19H20N2O6S/c1-27-19(23)17(10-11-28(26)16-8-3-2-4-9-16)20-18(22)13-14-6-5-7-15(12-14)21(24)25/h2-9,12,17H,10-11,13H2,1H3,(H,20,22)/t17-,28+/m1/s1. The molecule has 0 spiro atoms. The molecule has 0 aliphatic heterocycles. The van der Waals surface area contributed by atoms with Crippen LogP contribution in [0.4, 0.5) is 5.69 Å². The van der Waals surface area contributed by atoms with Crippen molar-refractivity contribution in [3.8, 4) is 0 Å². The Morgan fingerprint density at radius 3 is 2.54 bits per heavy atom. The minimum absolute atomic E-state index is 0.118. The number of methoxy groups -OCH3 is 1. The zero-order chi connectivity index (χ0) is 20.5. The maximum Gasteiger partial charge on any atom is 0.328 e. The molecule has 0 radical (unpaired) electrons. The number of nitrogens with zero attached hydrogens (tertiary/aromatic N) is 1. The van der Waals surface area contributed by atoms with Crippen LogP contribution in [0.2, 0.25) is 0 Å². The third-order valence-corrected chi connectivity index (χ3v) is 5.31. The number of hydrogen-bond donors (Lipinski definition) is 1. The second-order valence-electron chi connectivity index (χ2n) is 5.90. The van der Waals surface area contributed by atoms with E-state index in [9.17, 15) is 23.9 Å². The molecule has 0 fully saturated rings. The molecule has 0 bridgehead atoms. The first-order valence-electron chi connectivity index (χ1n) is 8.44. The molecule has 9 heteroatoms. The van der Waals surface area contributed by atoms with E-state index in [-0.39, 0.29) is 24.3 Å². The van der Waals surface area contributed by atoms with Crippen LogP contribution in [-0.4, -0.2) is 39.9 Å². The monoisotopic (exact) mass is 404 g/mol. The first kappa shape index (κ1) is 21.2. The van der Waals surface area contributed by atoms with Crippen LogP contribution in [-0.2, 0) is 31.5 Å². The quantitative estimate of drug-likeness (QED) is 0.388. The Kier molecular flexibility index (Phi) is 7.82. The third kappa shape index (κ3) is 6.27. The van der Waals surface area contributed by atoms with Crippen molar-refractivity contribution in [3.05, 3.63) is 70.3 Å². The summed E-state index contributed by atoms with van der Waals surface area (Å²) in [6.07, 6.45) is 0.00576. The molecular formula is C19H20N2O6S. The topological polar surface area (TPSA) is 116 Å². The van der Waals surface area contributed by atoms with Gasteiger partial charge in [0.25, 0.3) is 5.69 Å². The fourth-order valence-corrected chi connectivity index (χ4v) is 3.66. The number of nitro groups is 1. The van der Waals surface area contributed by atoms with E-state index < -0.39 is 33.6 Å². The highest BCUT2D eigenvalue weighted by atomic mass is 32.2. The lowest BCUT2D eigenvalue weighted by atomic mass is 10.1. The minimum Gasteiger partial charge on any atom is -0.467 e. The highest BCUT2D eigenvalue weighted by molar-refractivity contribution is 7.85. The SMILES string of the molecule is COC(=O)[C@@H](CC[S@](=O)c1ccccc1)NC(=O)Cc1cccc([N+](=O)[O-])c1. The predicted molar refractivity (Wildman–Crippen MR) is 103 cm³/mol. The van der Waals surface area contributed by atoms with Gasteiger partial charge in [-0.15, -0.1) is 0 Å². The van der Waals surface area contributed by atoms with Crippen molar-refractivity contribution in [3.63, 3.8) is 0 Å². The summed E-state index contributed by atoms with van der Waals surface area (Å²) in [5.41, 5.74) is 0.330. The van der Waals surface area contributed by atoms with Crippen LogP contribution in [0.1, 0.15) is 12.0 Å². The number of benzene rings is 2. The number of non-ortho nitro benzene ring substituents is 1. The number of amides is 1. The van der Waals surface area contributed by atoms with Gasteiger partial charge in [-0.25, -0.2) is 4.79 Å². The van der Waals surface area contributed by atoms with Crippen LogP contribution in [0.25, 0.3) is 0 Å². The van der Waals surface area contributed by atoms with Gasteiger partial charge in [0.2, 0.25) is 5.91 Å². The van der Waals surface area contributed by atoms with E-state index in [1.165, 1.54) is 25.3 Å². The summed E-state index contributed by atoms with van der Waals surface area (Å²) in [6.45, 7) is 0. The predicted octanol–water partition coefficient (Wildman–Crippen LogP) is 1.99. The lowest BCUT2D eigenvalue weighted by Crippen LogP contribution is -2.43.